The second-order valence-electron chi connectivity index (χ2n) is 4.45. The summed E-state index contributed by atoms with van der Waals surface area (Å²) >= 11 is 0. The largest absolute Gasteiger partial charge is 0.469 e. The van der Waals surface area contributed by atoms with Gasteiger partial charge in [-0.3, -0.25) is 14.4 Å². The molecule has 0 aliphatic rings. The fourth-order valence-corrected chi connectivity index (χ4v) is 1.45. The number of likely N-dealkylation sites (N-methyl/N-ethyl adjacent to an activating group) is 2. The van der Waals surface area contributed by atoms with Gasteiger partial charge >= 0.3 is 5.97 Å². The number of carbonyl (C=O) groups is 3. The minimum Gasteiger partial charge on any atom is -0.469 e. The lowest BCUT2D eigenvalue weighted by Crippen LogP contribution is -2.47. The first-order chi connectivity index (χ1) is 8.81. The SMILES string of the molecule is CNC(C)C(=O)N(C)CC(=O)NC(C)CC(=O)OC. The van der Waals surface area contributed by atoms with Crippen LogP contribution in [-0.2, 0) is 19.1 Å². The average Bonchev–Trinajstić information content (AvgIpc) is 2.35. The van der Waals surface area contributed by atoms with Crippen LogP contribution in [0.2, 0.25) is 0 Å². The molecule has 0 aliphatic heterocycles. The van der Waals surface area contributed by atoms with E-state index in [-0.39, 0.29) is 42.8 Å². The van der Waals surface area contributed by atoms with E-state index < -0.39 is 0 Å². The van der Waals surface area contributed by atoms with Crippen molar-refractivity contribution in [1.29, 1.82) is 0 Å². The number of nitrogens with one attached hydrogen (secondary N) is 2. The number of esters is 1. The summed E-state index contributed by atoms with van der Waals surface area (Å²) in [5, 5.41) is 5.44. The molecule has 2 unspecified atom stereocenters. The number of amides is 2. The van der Waals surface area contributed by atoms with Crippen molar-refractivity contribution in [3.63, 3.8) is 0 Å². The fraction of sp³-hybridized carbons (Fsp3) is 0.750. The number of nitrogens with zero attached hydrogens (tertiary/aromatic N) is 1. The monoisotopic (exact) mass is 273 g/mol. The maximum absolute atomic E-state index is 11.7. The van der Waals surface area contributed by atoms with Gasteiger partial charge in [-0.1, -0.05) is 0 Å². The normalized spacial score (nSPS) is 13.3. The molecule has 0 saturated heterocycles. The predicted molar refractivity (Wildman–Crippen MR) is 70.4 cm³/mol. The topological polar surface area (TPSA) is 87.7 Å². The van der Waals surface area contributed by atoms with Gasteiger partial charge in [0.2, 0.25) is 11.8 Å². The highest BCUT2D eigenvalue weighted by molar-refractivity contribution is 5.87. The first-order valence-corrected chi connectivity index (χ1v) is 6.10. The van der Waals surface area contributed by atoms with Crippen LogP contribution in [0.5, 0.6) is 0 Å². The number of rotatable bonds is 7. The van der Waals surface area contributed by atoms with Crippen LogP contribution in [0, 0.1) is 0 Å². The van der Waals surface area contributed by atoms with Gasteiger partial charge in [0.25, 0.3) is 0 Å². The molecular weight excluding hydrogens is 250 g/mol. The van der Waals surface area contributed by atoms with Gasteiger partial charge in [-0.25, -0.2) is 0 Å². The molecule has 0 rings (SSSR count). The highest BCUT2D eigenvalue weighted by Gasteiger charge is 2.19. The maximum atomic E-state index is 11.7. The van der Waals surface area contributed by atoms with Gasteiger partial charge in [0.15, 0.2) is 0 Å². The Bertz CT molecular complexity index is 333. The molecule has 0 saturated carbocycles. The first kappa shape index (κ1) is 17.4. The molecule has 2 atom stereocenters. The molecule has 0 aliphatic carbocycles. The van der Waals surface area contributed by atoms with Crippen molar-refractivity contribution in [1.82, 2.24) is 15.5 Å². The Labute approximate surface area is 113 Å². The highest BCUT2D eigenvalue weighted by atomic mass is 16.5. The van der Waals surface area contributed by atoms with Gasteiger partial charge in [-0.15, -0.1) is 0 Å². The molecule has 0 spiro atoms. The van der Waals surface area contributed by atoms with Gasteiger partial charge in [0.1, 0.15) is 0 Å². The summed E-state index contributed by atoms with van der Waals surface area (Å²) in [7, 11) is 4.53. The van der Waals surface area contributed by atoms with E-state index in [1.807, 2.05) is 0 Å². The summed E-state index contributed by atoms with van der Waals surface area (Å²) in [5.41, 5.74) is 0. The van der Waals surface area contributed by atoms with Gasteiger partial charge < -0.3 is 20.3 Å². The predicted octanol–water partition coefficient (Wildman–Crippen LogP) is -0.879. The second-order valence-corrected chi connectivity index (χ2v) is 4.45. The Balaban J connectivity index is 4.17. The molecule has 0 aromatic rings. The lowest BCUT2D eigenvalue weighted by molar-refractivity contribution is -0.141. The molecule has 0 heterocycles. The van der Waals surface area contributed by atoms with Crippen LogP contribution >= 0.6 is 0 Å². The van der Waals surface area contributed by atoms with E-state index in [0.717, 1.165) is 0 Å². The van der Waals surface area contributed by atoms with Crippen molar-refractivity contribution in [2.75, 3.05) is 27.7 Å². The van der Waals surface area contributed by atoms with Crippen LogP contribution in [0.4, 0.5) is 0 Å². The van der Waals surface area contributed by atoms with Crippen molar-refractivity contribution in [2.24, 2.45) is 0 Å². The highest BCUT2D eigenvalue weighted by Crippen LogP contribution is 1.95. The Morgan fingerprint density at radius 2 is 1.84 bits per heavy atom. The third-order valence-electron chi connectivity index (χ3n) is 2.67. The van der Waals surface area contributed by atoms with Gasteiger partial charge in [0.05, 0.1) is 26.1 Å². The number of hydrogen-bond donors (Lipinski definition) is 2. The van der Waals surface area contributed by atoms with E-state index >= 15 is 0 Å². The lowest BCUT2D eigenvalue weighted by Gasteiger charge is -2.21. The molecule has 2 N–H and O–H groups in total. The maximum Gasteiger partial charge on any atom is 0.307 e. The van der Waals surface area contributed by atoms with Crippen molar-refractivity contribution < 1.29 is 19.1 Å². The molecule has 0 fully saturated rings. The Hall–Kier alpha value is -1.63. The summed E-state index contributed by atoms with van der Waals surface area (Å²) < 4.78 is 4.50. The second kappa shape index (κ2) is 8.47. The van der Waals surface area contributed by atoms with Crippen LogP contribution in [0.15, 0.2) is 0 Å². The van der Waals surface area contributed by atoms with E-state index in [2.05, 4.69) is 15.4 Å². The van der Waals surface area contributed by atoms with Gasteiger partial charge in [0, 0.05) is 13.1 Å². The first-order valence-electron chi connectivity index (χ1n) is 6.10. The average molecular weight is 273 g/mol. The number of carbonyl (C=O) groups excluding carboxylic acids is 3. The van der Waals surface area contributed by atoms with Crippen LogP contribution in [0.1, 0.15) is 20.3 Å². The van der Waals surface area contributed by atoms with Crippen LogP contribution in [-0.4, -0.2) is 62.5 Å². The van der Waals surface area contributed by atoms with Gasteiger partial charge in [-0.05, 0) is 20.9 Å². The standard InChI is InChI=1S/C12H23N3O4/c1-8(6-11(17)19-5)14-10(16)7-15(4)12(18)9(2)13-3/h8-9,13H,6-7H2,1-5H3,(H,14,16). The molecule has 7 heteroatoms. The number of methoxy groups -OCH3 is 1. The van der Waals surface area contributed by atoms with Crippen molar-refractivity contribution in [2.45, 2.75) is 32.4 Å². The van der Waals surface area contributed by atoms with Crippen molar-refractivity contribution in [3.8, 4) is 0 Å². The minimum atomic E-state index is -0.388. The van der Waals surface area contributed by atoms with E-state index in [4.69, 9.17) is 0 Å². The van der Waals surface area contributed by atoms with Crippen molar-refractivity contribution >= 4 is 17.8 Å². The zero-order valence-corrected chi connectivity index (χ0v) is 12.1. The zero-order valence-electron chi connectivity index (χ0n) is 12.1. The summed E-state index contributed by atoms with van der Waals surface area (Å²) in [4.78, 5) is 35.8. The minimum absolute atomic E-state index is 0.0453. The molecular formula is C12H23N3O4. The van der Waals surface area contributed by atoms with Crippen LogP contribution < -0.4 is 10.6 Å². The molecule has 0 aromatic heterocycles. The Kier molecular flexibility index (Phi) is 7.74. The van der Waals surface area contributed by atoms with E-state index in [1.54, 1.807) is 27.9 Å². The number of ether oxygens (including phenoxy) is 1. The smallest absolute Gasteiger partial charge is 0.307 e. The van der Waals surface area contributed by atoms with Gasteiger partial charge in [-0.2, -0.15) is 0 Å². The van der Waals surface area contributed by atoms with Crippen molar-refractivity contribution in [3.05, 3.63) is 0 Å². The quantitative estimate of drug-likeness (QED) is 0.588. The third-order valence-corrected chi connectivity index (χ3v) is 2.67. The lowest BCUT2D eigenvalue weighted by atomic mass is 10.2. The van der Waals surface area contributed by atoms with Crippen LogP contribution in [0.3, 0.4) is 0 Å². The summed E-state index contributed by atoms with van der Waals surface area (Å²) in [6.45, 7) is 3.37. The van der Waals surface area contributed by atoms with E-state index in [0.29, 0.717) is 0 Å². The summed E-state index contributed by atoms with van der Waals surface area (Å²) in [6.07, 6.45) is 0.104. The zero-order chi connectivity index (χ0) is 15.0. The molecule has 2 amide bonds. The van der Waals surface area contributed by atoms with E-state index in [9.17, 15) is 14.4 Å². The molecule has 0 bridgehead atoms. The fourth-order valence-electron chi connectivity index (χ4n) is 1.45. The Morgan fingerprint density at radius 3 is 2.32 bits per heavy atom. The molecule has 0 radical (unpaired) electrons. The molecule has 7 nitrogen and oxygen atoms in total. The third kappa shape index (κ3) is 6.76. The van der Waals surface area contributed by atoms with E-state index in [1.165, 1.54) is 12.0 Å². The molecule has 110 valence electrons. The molecule has 0 aromatic carbocycles. The van der Waals surface area contributed by atoms with Crippen LogP contribution in [0.25, 0.3) is 0 Å². The number of hydrogen-bond acceptors (Lipinski definition) is 5. The summed E-state index contributed by atoms with van der Waals surface area (Å²) in [5.74, 6) is -0.866. The Morgan fingerprint density at radius 1 is 1.26 bits per heavy atom. The summed E-state index contributed by atoms with van der Waals surface area (Å²) in [6, 6.07) is -0.671. The molecule has 19 heavy (non-hydrogen) atoms.